The van der Waals surface area contributed by atoms with E-state index < -0.39 is 6.04 Å². The maximum Gasteiger partial charge on any atom is 0.247 e. The van der Waals surface area contributed by atoms with Crippen molar-refractivity contribution in [2.24, 2.45) is 0 Å². The van der Waals surface area contributed by atoms with Crippen molar-refractivity contribution in [2.45, 2.75) is 25.6 Å². The lowest BCUT2D eigenvalue weighted by Crippen LogP contribution is -2.46. The molecule has 0 saturated carbocycles. The molecule has 3 aromatic rings. The van der Waals surface area contributed by atoms with Gasteiger partial charge < -0.3 is 19.7 Å². The number of hydrogen-bond donors (Lipinski definition) is 1. The third kappa shape index (κ3) is 4.30. The summed E-state index contributed by atoms with van der Waals surface area (Å²) in [5.74, 6) is 0.887. The van der Waals surface area contributed by atoms with E-state index in [0.717, 1.165) is 22.3 Å². The molecule has 1 aliphatic heterocycles. The van der Waals surface area contributed by atoms with Crippen molar-refractivity contribution >= 4 is 11.8 Å². The molecule has 0 spiro atoms. The van der Waals surface area contributed by atoms with Gasteiger partial charge in [0.15, 0.2) is 11.5 Å². The summed E-state index contributed by atoms with van der Waals surface area (Å²) in [5, 5.41) is 3.00. The average molecular weight is 431 g/mol. The highest BCUT2D eigenvalue weighted by molar-refractivity contribution is 5.92. The molecule has 2 amide bonds. The van der Waals surface area contributed by atoms with Gasteiger partial charge in [-0.15, -0.1) is 0 Å². The maximum atomic E-state index is 13.5. The standard InChI is InChI=1S/C26H26N2O4/c1-31-22-14-8-12-20(25(22)32-2)16-27-26(30)24-21-13-7-6-11-19(21)15-23(29)28(24)17-18-9-4-3-5-10-18/h3-14,24H,15-17H2,1-2H3,(H,27,30)/t24-/m1/s1. The van der Waals surface area contributed by atoms with Gasteiger partial charge in [-0.2, -0.15) is 0 Å². The number of para-hydroxylation sites is 1. The van der Waals surface area contributed by atoms with Gasteiger partial charge in [0.1, 0.15) is 6.04 Å². The van der Waals surface area contributed by atoms with Crippen LogP contribution in [0.3, 0.4) is 0 Å². The molecule has 0 radical (unpaired) electrons. The van der Waals surface area contributed by atoms with Gasteiger partial charge in [-0.25, -0.2) is 0 Å². The summed E-state index contributed by atoms with van der Waals surface area (Å²) in [6.07, 6.45) is 0.288. The first-order valence-electron chi connectivity index (χ1n) is 10.5. The second kappa shape index (κ2) is 9.56. The molecule has 0 saturated heterocycles. The lowest BCUT2D eigenvalue weighted by atomic mass is 9.91. The minimum Gasteiger partial charge on any atom is -0.493 e. The van der Waals surface area contributed by atoms with Gasteiger partial charge in [0, 0.05) is 18.7 Å². The molecular formula is C26H26N2O4. The quantitative estimate of drug-likeness (QED) is 0.621. The summed E-state index contributed by atoms with van der Waals surface area (Å²) in [6.45, 7) is 0.625. The predicted octanol–water partition coefficient (Wildman–Crippen LogP) is 3.65. The molecule has 1 heterocycles. The Bertz CT molecular complexity index is 1110. The number of ether oxygens (including phenoxy) is 2. The van der Waals surface area contributed by atoms with Gasteiger partial charge in [0.2, 0.25) is 11.8 Å². The first-order valence-corrected chi connectivity index (χ1v) is 10.5. The Labute approximate surface area is 187 Å². The molecular weight excluding hydrogens is 404 g/mol. The molecule has 0 aliphatic carbocycles. The molecule has 1 N–H and O–H groups in total. The number of amides is 2. The number of nitrogens with zero attached hydrogens (tertiary/aromatic N) is 1. The highest BCUT2D eigenvalue weighted by Gasteiger charge is 2.37. The SMILES string of the molecule is COc1cccc(CNC(=O)[C@H]2c3ccccc3CC(=O)N2Cc2ccccc2)c1OC. The first-order chi connectivity index (χ1) is 15.6. The second-order valence-electron chi connectivity index (χ2n) is 7.66. The van der Waals surface area contributed by atoms with Gasteiger partial charge >= 0.3 is 0 Å². The fourth-order valence-electron chi connectivity index (χ4n) is 4.15. The van der Waals surface area contributed by atoms with Crippen LogP contribution >= 0.6 is 0 Å². The van der Waals surface area contributed by atoms with Crippen molar-refractivity contribution in [1.29, 1.82) is 0 Å². The van der Waals surface area contributed by atoms with Crippen LogP contribution < -0.4 is 14.8 Å². The van der Waals surface area contributed by atoms with E-state index in [1.807, 2.05) is 72.8 Å². The monoisotopic (exact) mass is 430 g/mol. The maximum absolute atomic E-state index is 13.5. The van der Waals surface area contributed by atoms with Crippen molar-refractivity contribution in [1.82, 2.24) is 10.2 Å². The molecule has 1 aliphatic rings. The second-order valence-corrected chi connectivity index (χ2v) is 7.66. The van der Waals surface area contributed by atoms with E-state index in [9.17, 15) is 9.59 Å². The Morgan fingerprint density at radius 3 is 2.47 bits per heavy atom. The Balaban J connectivity index is 1.62. The van der Waals surface area contributed by atoms with Gasteiger partial charge in [0.25, 0.3) is 0 Å². The summed E-state index contributed by atoms with van der Waals surface area (Å²) in [6, 6.07) is 22.2. The number of hydrogen-bond acceptors (Lipinski definition) is 4. The summed E-state index contributed by atoms with van der Waals surface area (Å²) in [7, 11) is 3.15. The number of carbonyl (C=O) groups is 2. The molecule has 0 aromatic heterocycles. The van der Waals surface area contributed by atoms with E-state index in [-0.39, 0.29) is 24.8 Å². The van der Waals surface area contributed by atoms with E-state index in [1.54, 1.807) is 19.1 Å². The lowest BCUT2D eigenvalue weighted by molar-refractivity contribution is -0.142. The van der Waals surface area contributed by atoms with Crippen LogP contribution in [0.25, 0.3) is 0 Å². The molecule has 6 nitrogen and oxygen atoms in total. The molecule has 6 heteroatoms. The Morgan fingerprint density at radius 2 is 1.72 bits per heavy atom. The van der Waals surface area contributed by atoms with Crippen LogP contribution in [0.15, 0.2) is 72.8 Å². The zero-order chi connectivity index (χ0) is 22.5. The first kappa shape index (κ1) is 21.4. The van der Waals surface area contributed by atoms with Crippen LogP contribution in [0.2, 0.25) is 0 Å². The van der Waals surface area contributed by atoms with Gasteiger partial charge in [-0.05, 0) is 22.8 Å². The Kier molecular flexibility index (Phi) is 6.40. The largest absolute Gasteiger partial charge is 0.493 e. The van der Waals surface area contributed by atoms with Crippen LogP contribution in [0, 0.1) is 0 Å². The van der Waals surface area contributed by atoms with Crippen LogP contribution in [0.1, 0.15) is 28.3 Å². The van der Waals surface area contributed by atoms with Crippen molar-refractivity contribution in [2.75, 3.05) is 14.2 Å². The lowest BCUT2D eigenvalue weighted by Gasteiger charge is -2.36. The predicted molar refractivity (Wildman–Crippen MR) is 121 cm³/mol. The molecule has 0 bridgehead atoms. The van der Waals surface area contributed by atoms with Crippen molar-refractivity contribution in [3.63, 3.8) is 0 Å². The molecule has 32 heavy (non-hydrogen) atoms. The minimum absolute atomic E-state index is 0.0633. The summed E-state index contributed by atoms with van der Waals surface area (Å²) in [4.78, 5) is 28.2. The highest BCUT2D eigenvalue weighted by atomic mass is 16.5. The average Bonchev–Trinajstić information content (AvgIpc) is 2.83. The highest BCUT2D eigenvalue weighted by Crippen LogP contribution is 2.33. The van der Waals surface area contributed by atoms with Crippen LogP contribution in [0.4, 0.5) is 0 Å². The molecule has 1 atom stereocenters. The minimum atomic E-state index is -0.704. The normalized spacial score (nSPS) is 15.1. The van der Waals surface area contributed by atoms with Crippen LogP contribution in [-0.2, 0) is 29.1 Å². The third-order valence-electron chi connectivity index (χ3n) is 5.71. The molecule has 4 rings (SSSR count). The number of benzene rings is 3. The van der Waals surface area contributed by atoms with Crippen LogP contribution in [-0.4, -0.2) is 30.9 Å². The summed E-state index contributed by atoms with van der Waals surface area (Å²) >= 11 is 0. The smallest absolute Gasteiger partial charge is 0.247 e. The third-order valence-corrected chi connectivity index (χ3v) is 5.71. The Morgan fingerprint density at radius 1 is 0.969 bits per heavy atom. The zero-order valence-corrected chi connectivity index (χ0v) is 18.2. The molecule has 0 fully saturated rings. The molecule has 3 aromatic carbocycles. The molecule has 0 unspecified atom stereocenters. The van der Waals surface area contributed by atoms with E-state index in [4.69, 9.17) is 9.47 Å². The number of methoxy groups -OCH3 is 2. The number of fused-ring (bicyclic) bond motifs is 1. The number of rotatable bonds is 7. The van der Waals surface area contributed by atoms with E-state index in [1.165, 1.54) is 0 Å². The topological polar surface area (TPSA) is 67.9 Å². The summed E-state index contributed by atoms with van der Waals surface area (Å²) in [5.41, 5.74) is 3.52. The summed E-state index contributed by atoms with van der Waals surface area (Å²) < 4.78 is 10.8. The number of carbonyl (C=O) groups excluding carboxylic acids is 2. The van der Waals surface area contributed by atoms with Gasteiger partial charge in [-0.3, -0.25) is 9.59 Å². The fourth-order valence-corrected chi connectivity index (χ4v) is 4.15. The van der Waals surface area contributed by atoms with Gasteiger partial charge in [0.05, 0.1) is 20.6 Å². The number of nitrogens with one attached hydrogen (secondary N) is 1. The van der Waals surface area contributed by atoms with Crippen molar-refractivity contribution in [3.8, 4) is 11.5 Å². The van der Waals surface area contributed by atoms with Crippen LogP contribution in [0.5, 0.6) is 11.5 Å². The Hall–Kier alpha value is -3.80. The molecule has 164 valence electrons. The van der Waals surface area contributed by atoms with Crippen molar-refractivity contribution in [3.05, 3.63) is 95.1 Å². The fraction of sp³-hybridized carbons (Fsp3) is 0.231. The van der Waals surface area contributed by atoms with E-state index in [2.05, 4.69) is 5.32 Å². The van der Waals surface area contributed by atoms with E-state index >= 15 is 0 Å². The van der Waals surface area contributed by atoms with Crippen molar-refractivity contribution < 1.29 is 19.1 Å². The van der Waals surface area contributed by atoms with Gasteiger partial charge in [-0.1, -0.05) is 66.7 Å². The zero-order valence-electron chi connectivity index (χ0n) is 18.2. The van der Waals surface area contributed by atoms with E-state index in [0.29, 0.717) is 18.0 Å².